The second-order valence-corrected chi connectivity index (χ2v) is 3.38. The van der Waals surface area contributed by atoms with Crippen molar-refractivity contribution in [2.45, 2.75) is 12.5 Å². The van der Waals surface area contributed by atoms with Crippen LogP contribution in [-0.2, 0) is 4.74 Å². The summed E-state index contributed by atoms with van der Waals surface area (Å²) in [7, 11) is 0. The van der Waals surface area contributed by atoms with Crippen LogP contribution in [0.3, 0.4) is 0 Å². The van der Waals surface area contributed by atoms with Gasteiger partial charge in [-0.2, -0.15) is 0 Å². The summed E-state index contributed by atoms with van der Waals surface area (Å²) in [4.78, 5) is 0. The van der Waals surface area contributed by atoms with Gasteiger partial charge in [-0.05, 0) is 6.07 Å². The quantitative estimate of drug-likeness (QED) is 0.852. The molecule has 0 amide bonds. The van der Waals surface area contributed by atoms with Crippen molar-refractivity contribution in [3.05, 3.63) is 34.9 Å². The maximum Gasteiger partial charge on any atom is 0.261 e. The Labute approximate surface area is 92.0 Å². The monoisotopic (exact) mass is 235 g/mol. The molecule has 0 heterocycles. The summed E-state index contributed by atoms with van der Waals surface area (Å²) in [5.41, 5.74) is 6.07. The summed E-state index contributed by atoms with van der Waals surface area (Å²) in [6.07, 6.45) is -3.07. The van der Waals surface area contributed by atoms with Gasteiger partial charge in [0.25, 0.3) is 6.43 Å². The molecule has 1 aromatic rings. The Morgan fingerprint density at radius 2 is 2.00 bits per heavy atom. The molecule has 0 saturated heterocycles. The molecule has 1 aromatic carbocycles. The number of nitrogens with two attached hydrogens (primary N) is 1. The molecule has 2 N–H and O–H groups in total. The van der Waals surface area contributed by atoms with Crippen molar-refractivity contribution in [1.82, 2.24) is 0 Å². The van der Waals surface area contributed by atoms with Gasteiger partial charge >= 0.3 is 0 Å². The highest BCUT2D eigenvalue weighted by molar-refractivity contribution is 6.31. The molecule has 0 radical (unpaired) electrons. The second kappa shape index (κ2) is 6.00. The molecule has 0 spiro atoms. The molecule has 0 aromatic heterocycles. The van der Waals surface area contributed by atoms with Gasteiger partial charge in [0, 0.05) is 17.1 Å². The minimum Gasteiger partial charge on any atom is -0.366 e. The lowest BCUT2D eigenvalue weighted by atomic mass is 10.1. The van der Waals surface area contributed by atoms with Crippen LogP contribution in [0.25, 0.3) is 0 Å². The van der Waals surface area contributed by atoms with Gasteiger partial charge in [-0.25, -0.2) is 8.78 Å². The number of alkyl halides is 2. The van der Waals surface area contributed by atoms with Crippen molar-refractivity contribution in [1.29, 1.82) is 0 Å². The average Bonchev–Trinajstić information content (AvgIpc) is 2.21. The Morgan fingerprint density at radius 1 is 1.33 bits per heavy atom. The maximum atomic E-state index is 11.9. The van der Waals surface area contributed by atoms with Crippen LogP contribution in [0.1, 0.15) is 11.7 Å². The highest BCUT2D eigenvalue weighted by Gasteiger charge is 2.15. The molecular formula is C10H12ClF2NO. The van der Waals surface area contributed by atoms with Gasteiger partial charge in [-0.15, -0.1) is 0 Å². The lowest BCUT2D eigenvalue weighted by Gasteiger charge is -2.17. The predicted octanol–water partition coefficient (Wildman–Crippen LogP) is 2.62. The van der Waals surface area contributed by atoms with E-state index in [0.717, 1.165) is 0 Å². The van der Waals surface area contributed by atoms with E-state index in [1.807, 2.05) is 0 Å². The summed E-state index contributed by atoms with van der Waals surface area (Å²) in [6, 6.07) is 6.90. The van der Waals surface area contributed by atoms with E-state index in [0.29, 0.717) is 10.6 Å². The van der Waals surface area contributed by atoms with E-state index in [1.54, 1.807) is 24.3 Å². The number of hydrogen-bond donors (Lipinski definition) is 1. The lowest BCUT2D eigenvalue weighted by molar-refractivity contribution is -0.0216. The van der Waals surface area contributed by atoms with Crippen molar-refractivity contribution in [3.63, 3.8) is 0 Å². The predicted molar refractivity (Wildman–Crippen MR) is 55.2 cm³/mol. The van der Waals surface area contributed by atoms with E-state index in [-0.39, 0.29) is 6.54 Å². The van der Waals surface area contributed by atoms with Crippen molar-refractivity contribution in [3.8, 4) is 0 Å². The largest absolute Gasteiger partial charge is 0.366 e. The summed E-state index contributed by atoms with van der Waals surface area (Å²) in [6.45, 7) is -0.510. The molecule has 0 aliphatic heterocycles. The standard InChI is InChI=1S/C10H12ClF2NO/c11-8-4-2-1-3-7(8)9(5-14)15-6-10(12)13/h1-4,9-10H,5-6,14H2. The fraction of sp³-hybridized carbons (Fsp3) is 0.400. The Hall–Kier alpha value is -0.710. The third-order valence-electron chi connectivity index (χ3n) is 1.89. The summed E-state index contributed by atoms with van der Waals surface area (Å²) >= 11 is 5.89. The molecule has 0 fully saturated rings. The lowest BCUT2D eigenvalue weighted by Crippen LogP contribution is -2.19. The molecule has 0 saturated carbocycles. The Balaban J connectivity index is 2.70. The van der Waals surface area contributed by atoms with E-state index < -0.39 is 19.1 Å². The molecule has 1 atom stereocenters. The van der Waals surface area contributed by atoms with Crippen LogP contribution < -0.4 is 5.73 Å². The third-order valence-corrected chi connectivity index (χ3v) is 2.23. The highest BCUT2D eigenvalue weighted by atomic mass is 35.5. The third kappa shape index (κ3) is 3.74. The van der Waals surface area contributed by atoms with E-state index in [1.165, 1.54) is 0 Å². The Morgan fingerprint density at radius 3 is 2.53 bits per heavy atom. The zero-order valence-corrected chi connectivity index (χ0v) is 8.75. The Kier molecular flexibility index (Phi) is 4.94. The molecule has 0 bridgehead atoms. The van der Waals surface area contributed by atoms with Crippen LogP contribution in [0.15, 0.2) is 24.3 Å². The van der Waals surface area contributed by atoms with E-state index in [4.69, 9.17) is 22.1 Å². The zero-order valence-electron chi connectivity index (χ0n) is 8.00. The second-order valence-electron chi connectivity index (χ2n) is 2.97. The van der Waals surface area contributed by atoms with E-state index >= 15 is 0 Å². The number of hydrogen-bond acceptors (Lipinski definition) is 2. The highest BCUT2D eigenvalue weighted by Crippen LogP contribution is 2.24. The normalized spacial score (nSPS) is 13.1. The molecule has 5 heteroatoms. The van der Waals surface area contributed by atoms with Gasteiger partial charge in [0.15, 0.2) is 0 Å². The minimum absolute atomic E-state index is 0.121. The van der Waals surface area contributed by atoms with Crippen molar-refractivity contribution in [2.24, 2.45) is 5.73 Å². The van der Waals surface area contributed by atoms with Gasteiger partial charge < -0.3 is 10.5 Å². The molecule has 0 aliphatic carbocycles. The van der Waals surface area contributed by atoms with Gasteiger partial charge in [-0.3, -0.25) is 0 Å². The molecular weight excluding hydrogens is 224 g/mol. The van der Waals surface area contributed by atoms with Crippen molar-refractivity contribution >= 4 is 11.6 Å². The number of ether oxygens (including phenoxy) is 1. The zero-order chi connectivity index (χ0) is 11.3. The molecule has 84 valence electrons. The number of rotatable bonds is 5. The van der Waals surface area contributed by atoms with Gasteiger partial charge in [0.05, 0.1) is 6.10 Å². The van der Waals surface area contributed by atoms with Crippen LogP contribution in [0, 0.1) is 0 Å². The first kappa shape index (κ1) is 12.4. The van der Waals surface area contributed by atoms with E-state index in [9.17, 15) is 8.78 Å². The van der Waals surface area contributed by atoms with Gasteiger partial charge in [-0.1, -0.05) is 29.8 Å². The first-order valence-electron chi connectivity index (χ1n) is 4.49. The van der Waals surface area contributed by atoms with Crippen LogP contribution in [0.2, 0.25) is 5.02 Å². The van der Waals surface area contributed by atoms with Crippen LogP contribution in [0.5, 0.6) is 0 Å². The minimum atomic E-state index is -2.50. The van der Waals surface area contributed by atoms with E-state index in [2.05, 4.69) is 0 Å². The van der Waals surface area contributed by atoms with Crippen molar-refractivity contribution in [2.75, 3.05) is 13.2 Å². The van der Waals surface area contributed by atoms with Crippen molar-refractivity contribution < 1.29 is 13.5 Å². The summed E-state index contributed by atoms with van der Waals surface area (Å²) < 4.78 is 28.9. The molecule has 15 heavy (non-hydrogen) atoms. The van der Waals surface area contributed by atoms with Gasteiger partial charge in [0.1, 0.15) is 6.61 Å². The van der Waals surface area contributed by atoms with Crippen LogP contribution in [-0.4, -0.2) is 19.6 Å². The van der Waals surface area contributed by atoms with Crippen LogP contribution >= 0.6 is 11.6 Å². The maximum absolute atomic E-state index is 11.9. The fourth-order valence-electron chi connectivity index (χ4n) is 1.21. The summed E-state index contributed by atoms with van der Waals surface area (Å²) in [5, 5.41) is 0.474. The smallest absolute Gasteiger partial charge is 0.261 e. The Bertz CT molecular complexity index is 309. The molecule has 0 aliphatic rings. The summed E-state index contributed by atoms with van der Waals surface area (Å²) in [5.74, 6) is 0. The molecule has 1 unspecified atom stereocenters. The number of halogens is 3. The average molecular weight is 236 g/mol. The topological polar surface area (TPSA) is 35.2 Å². The first-order chi connectivity index (χ1) is 7.15. The first-order valence-corrected chi connectivity index (χ1v) is 4.87. The fourth-order valence-corrected chi connectivity index (χ4v) is 1.47. The van der Waals surface area contributed by atoms with Gasteiger partial charge in [0.2, 0.25) is 0 Å². The molecule has 1 rings (SSSR count). The molecule has 2 nitrogen and oxygen atoms in total. The SMILES string of the molecule is NCC(OCC(F)F)c1ccccc1Cl. The number of benzene rings is 1. The van der Waals surface area contributed by atoms with Crippen LogP contribution in [0.4, 0.5) is 8.78 Å².